The monoisotopic (exact) mass is 419 g/mol. The molecule has 0 unspecified atom stereocenters. The molecule has 0 radical (unpaired) electrons. The third-order valence-corrected chi connectivity index (χ3v) is 6.16. The fourth-order valence-electron chi connectivity index (χ4n) is 2.72. The largest absolute Gasteiger partial charge is 0.332 e. The molecule has 0 saturated carbocycles. The number of thiazole rings is 1. The van der Waals surface area contributed by atoms with Crippen LogP contribution in [0.4, 0.5) is 16.5 Å². The molecule has 0 fully saturated rings. The summed E-state index contributed by atoms with van der Waals surface area (Å²) in [5.41, 5.74) is 2.49. The zero-order valence-corrected chi connectivity index (χ0v) is 16.4. The van der Waals surface area contributed by atoms with Crippen LogP contribution in [0.15, 0.2) is 60.7 Å². The van der Waals surface area contributed by atoms with Gasteiger partial charge < -0.3 is 10.6 Å². The summed E-state index contributed by atoms with van der Waals surface area (Å²) < 4.78 is 0.978. The Bertz CT molecular complexity index is 1230. The van der Waals surface area contributed by atoms with Crippen molar-refractivity contribution in [1.82, 2.24) is 25.6 Å². The number of aromatic nitrogens is 5. The van der Waals surface area contributed by atoms with E-state index in [1.807, 2.05) is 48.5 Å². The lowest BCUT2D eigenvalue weighted by Crippen LogP contribution is -2.09. The van der Waals surface area contributed by atoms with Crippen LogP contribution in [0.25, 0.3) is 20.9 Å². The van der Waals surface area contributed by atoms with Crippen LogP contribution in [-0.2, 0) is 0 Å². The molecular formula is C19H13N7OS2. The number of carbonyl (C=O) groups excluding carboxylic acids is 1. The van der Waals surface area contributed by atoms with Crippen molar-refractivity contribution >= 4 is 54.6 Å². The van der Waals surface area contributed by atoms with Crippen LogP contribution in [0.2, 0.25) is 0 Å². The van der Waals surface area contributed by atoms with E-state index in [9.17, 15) is 4.79 Å². The SMILES string of the molecule is O=C(Nc1ccc(-c2nn[nH]n2)cc1)c1cc2sc(Nc3ccccc3)nc2s1. The molecule has 3 N–H and O–H groups in total. The van der Waals surface area contributed by atoms with Gasteiger partial charge in [0.2, 0.25) is 5.82 Å². The minimum Gasteiger partial charge on any atom is -0.332 e. The molecule has 10 heteroatoms. The van der Waals surface area contributed by atoms with Gasteiger partial charge in [-0.2, -0.15) is 5.21 Å². The van der Waals surface area contributed by atoms with E-state index in [0.29, 0.717) is 16.4 Å². The van der Waals surface area contributed by atoms with Gasteiger partial charge in [-0.15, -0.1) is 21.5 Å². The van der Waals surface area contributed by atoms with E-state index >= 15 is 0 Å². The molecule has 0 aliphatic carbocycles. The Hall–Kier alpha value is -3.63. The number of rotatable bonds is 5. The maximum Gasteiger partial charge on any atom is 0.265 e. The van der Waals surface area contributed by atoms with Crippen molar-refractivity contribution in [2.75, 3.05) is 10.6 Å². The molecular weight excluding hydrogens is 406 g/mol. The third-order valence-electron chi connectivity index (χ3n) is 4.08. The maximum absolute atomic E-state index is 12.6. The van der Waals surface area contributed by atoms with Gasteiger partial charge in [0.1, 0.15) is 4.83 Å². The molecule has 3 aromatic heterocycles. The third kappa shape index (κ3) is 3.71. The molecule has 142 valence electrons. The summed E-state index contributed by atoms with van der Waals surface area (Å²) in [5.74, 6) is 0.345. The molecule has 0 spiro atoms. The first-order chi connectivity index (χ1) is 14.2. The number of amides is 1. The van der Waals surface area contributed by atoms with Gasteiger partial charge in [0, 0.05) is 16.9 Å². The predicted octanol–water partition coefficient (Wildman–Crippen LogP) is 4.53. The first kappa shape index (κ1) is 17.5. The Kier molecular flexibility index (Phi) is 4.47. The zero-order chi connectivity index (χ0) is 19.6. The molecule has 3 heterocycles. The number of tetrazole rings is 1. The number of aromatic amines is 1. The molecule has 5 aromatic rings. The van der Waals surface area contributed by atoms with Crippen molar-refractivity contribution < 1.29 is 4.79 Å². The van der Waals surface area contributed by atoms with Crippen LogP contribution in [-0.4, -0.2) is 31.5 Å². The maximum atomic E-state index is 12.6. The molecule has 0 aliphatic heterocycles. The van der Waals surface area contributed by atoms with Gasteiger partial charge in [-0.1, -0.05) is 29.5 Å². The van der Waals surface area contributed by atoms with E-state index in [-0.39, 0.29) is 5.91 Å². The Morgan fingerprint density at radius 3 is 2.52 bits per heavy atom. The second kappa shape index (κ2) is 7.41. The van der Waals surface area contributed by atoms with Crippen molar-refractivity contribution in [1.29, 1.82) is 0 Å². The fourth-order valence-corrected chi connectivity index (χ4v) is 4.76. The average Bonchev–Trinajstić information content (AvgIpc) is 3.46. The van der Waals surface area contributed by atoms with Crippen LogP contribution >= 0.6 is 22.7 Å². The summed E-state index contributed by atoms with van der Waals surface area (Å²) in [4.78, 5) is 18.6. The van der Waals surface area contributed by atoms with E-state index < -0.39 is 0 Å². The number of nitrogens with one attached hydrogen (secondary N) is 3. The van der Waals surface area contributed by atoms with Crippen molar-refractivity contribution in [3.8, 4) is 11.4 Å². The summed E-state index contributed by atoms with van der Waals surface area (Å²) in [5, 5.41) is 20.8. The standard InChI is InChI=1S/C19H13N7OS2/c27-17(20-13-8-6-11(7-9-13)16-23-25-26-24-16)14-10-15-18(28-14)22-19(29-15)21-12-4-2-1-3-5-12/h1-10H,(H,20,27)(H,21,22)(H,23,24,25,26). The van der Waals surface area contributed by atoms with Gasteiger partial charge in [-0.3, -0.25) is 4.79 Å². The predicted molar refractivity (Wildman–Crippen MR) is 115 cm³/mol. The lowest BCUT2D eigenvalue weighted by molar-refractivity contribution is 0.103. The van der Waals surface area contributed by atoms with Crippen LogP contribution in [0, 0.1) is 0 Å². The van der Waals surface area contributed by atoms with Gasteiger partial charge in [-0.05, 0) is 47.7 Å². The van der Waals surface area contributed by atoms with Gasteiger partial charge in [0.25, 0.3) is 5.91 Å². The number of hydrogen-bond donors (Lipinski definition) is 3. The number of nitrogens with zero attached hydrogens (tertiary/aromatic N) is 4. The summed E-state index contributed by atoms with van der Waals surface area (Å²) in [6.45, 7) is 0. The Morgan fingerprint density at radius 1 is 0.966 bits per heavy atom. The minimum absolute atomic E-state index is 0.162. The second-order valence-corrected chi connectivity index (χ2v) is 8.12. The normalized spacial score (nSPS) is 10.9. The van der Waals surface area contributed by atoms with Crippen molar-refractivity contribution in [3.05, 3.63) is 65.5 Å². The smallest absolute Gasteiger partial charge is 0.265 e. The van der Waals surface area contributed by atoms with Crippen LogP contribution in [0.3, 0.4) is 0 Å². The lowest BCUT2D eigenvalue weighted by Gasteiger charge is -2.04. The molecule has 0 atom stereocenters. The number of anilines is 3. The number of carbonyl (C=O) groups is 1. The highest BCUT2D eigenvalue weighted by Crippen LogP contribution is 2.34. The number of hydrogen-bond acceptors (Lipinski definition) is 8. The van der Waals surface area contributed by atoms with Gasteiger partial charge in [0.05, 0.1) is 9.58 Å². The molecule has 29 heavy (non-hydrogen) atoms. The Labute approximate surface area is 172 Å². The molecule has 0 bridgehead atoms. The fraction of sp³-hybridized carbons (Fsp3) is 0. The van der Waals surface area contributed by atoms with Crippen molar-refractivity contribution in [2.45, 2.75) is 0 Å². The number of thiophene rings is 1. The average molecular weight is 419 g/mol. The molecule has 8 nitrogen and oxygen atoms in total. The molecule has 1 amide bonds. The number of benzene rings is 2. The Balaban J connectivity index is 1.29. The first-order valence-corrected chi connectivity index (χ1v) is 10.3. The Morgan fingerprint density at radius 2 is 1.79 bits per heavy atom. The van der Waals surface area contributed by atoms with E-state index in [4.69, 9.17) is 0 Å². The quantitative estimate of drug-likeness (QED) is 0.386. The highest BCUT2D eigenvalue weighted by molar-refractivity contribution is 7.29. The van der Waals surface area contributed by atoms with Gasteiger partial charge in [-0.25, -0.2) is 4.98 Å². The highest BCUT2D eigenvalue weighted by atomic mass is 32.1. The van der Waals surface area contributed by atoms with E-state index in [1.165, 1.54) is 22.7 Å². The topological polar surface area (TPSA) is 108 Å². The number of para-hydroxylation sites is 1. The lowest BCUT2D eigenvalue weighted by atomic mass is 10.2. The van der Waals surface area contributed by atoms with Crippen molar-refractivity contribution in [2.24, 2.45) is 0 Å². The van der Waals surface area contributed by atoms with Gasteiger partial charge >= 0.3 is 0 Å². The number of fused-ring (bicyclic) bond motifs is 1. The summed E-state index contributed by atoms with van der Waals surface area (Å²) in [7, 11) is 0. The summed E-state index contributed by atoms with van der Waals surface area (Å²) >= 11 is 2.89. The zero-order valence-electron chi connectivity index (χ0n) is 14.8. The first-order valence-electron chi connectivity index (χ1n) is 8.62. The summed E-state index contributed by atoms with van der Waals surface area (Å²) in [6.07, 6.45) is 0. The number of H-pyrrole nitrogens is 1. The van der Waals surface area contributed by atoms with Gasteiger partial charge in [0.15, 0.2) is 5.13 Å². The highest BCUT2D eigenvalue weighted by Gasteiger charge is 2.14. The summed E-state index contributed by atoms with van der Waals surface area (Å²) in [6, 6.07) is 19.0. The van der Waals surface area contributed by atoms with E-state index in [2.05, 4.69) is 36.2 Å². The molecule has 5 rings (SSSR count). The van der Waals surface area contributed by atoms with Crippen molar-refractivity contribution in [3.63, 3.8) is 0 Å². The molecule has 2 aromatic carbocycles. The van der Waals surface area contributed by atoms with Crippen LogP contribution in [0.1, 0.15) is 9.67 Å². The van der Waals surface area contributed by atoms with Crippen LogP contribution in [0.5, 0.6) is 0 Å². The molecule has 0 saturated heterocycles. The van der Waals surface area contributed by atoms with E-state index in [0.717, 1.165) is 25.9 Å². The second-order valence-electron chi connectivity index (χ2n) is 6.06. The minimum atomic E-state index is -0.162. The molecule has 0 aliphatic rings. The van der Waals surface area contributed by atoms with E-state index in [1.54, 1.807) is 12.1 Å². The van der Waals surface area contributed by atoms with Crippen LogP contribution < -0.4 is 10.6 Å².